The van der Waals surface area contributed by atoms with Gasteiger partial charge >= 0.3 is 0 Å². The lowest BCUT2D eigenvalue weighted by atomic mass is 9.98. The zero-order chi connectivity index (χ0) is 18.3. The zero-order valence-electron chi connectivity index (χ0n) is 15.7. The number of carbonyl (C=O) groups excluding carboxylic acids is 1. The number of amides is 1. The Hall–Kier alpha value is -2.07. The molecule has 0 bridgehead atoms. The van der Waals surface area contributed by atoms with Crippen molar-refractivity contribution in [2.45, 2.75) is 52.6 Å². The molecule has 0 aliphatic heterocycles. The van der Waals surface area contributed by atoms with Gasteiger partial charge in [-0.25, -0.2) is 0 Å². The second kappa shape index (κ2) is 8.86. The number of ether oxygens (including phenoxy) is 2. The molecule has 0 saturated heterocycles. The van der Waals surface area contributed by atoms with E-state index in [9.17, 15) is 4.79 Å². The lowest BCUT2D eigenvalue weighted by Crippen LogP contribution is -2.43. The summed E-state index contributed by atoms with van der Waals surface area (Å²) in [7, 11) is 0. The summed E-state index contributed by atoms with van der Waals surface area (Å²) in [5, 5.41) is 5.03. The Balaban J connectivity index is 2.32. The first kappa shape index (κ1) is 19.3. The fourth-order valence-corrected chi connectivity index (χ4v) is 2.97. The Labute approximate surface area is 150 Å². The maximum atomic E-state index is 12.9. The highest BCUT2D eigenvalue weighted by atomic mass is 16.5. The minimum atomic E-state index is -0.815. The summed E-state index contributed by atoms with van der Waals surface area (Å²) in [5.41, 5.74) is -0.0312. The van der Waals surface area contributed by atoms with Crippen LogP contribution in [-0.4, -0.2) is 24.7 Å². The Morgan fingerprint density at radius 2 is 1.76 bits per heavy atom. The molecule has 2 aromatic carbocycles. The van der Waals surface area contributed by atoms with Gasteiger partial charge in [0, 0.05) is 23.1 Å². The van der Waals surface area contributed by atoms with Crippen molar-refractivity contribution >= 4 is 22.4 Å². The molecular formula is C21H29NO3. The zero-order valence-corrected chi connectivity index (χ0v) is 15.7. The number of hydrogen-bond donors (Lipinski definition) is 1. The number of rotatable bonds is 9. The monoisotopic (exact) mass is 343 g/mol. The van der Waals surface area contributed by atoms with Crippen LogP contribution in [0, 0.1) is 0 Å². The molecule has 0 saturated carbocycles. The topological polar surface area (TPSA) is 47.6 Å². The molecule has 25 heavy (non-hydrogen) atoms. The van der Waals surface area contributed by atoms with Crippen molar-refractivity contribution in [2.75, 3.05) is 18.5 Å². The predicted molar refractivity (Wildman–Crippen MR) is 103 cm³/mol. The molecule has 4 heteroatoms. The summed E-state index contributed by atoms with van der Waals surface area (Å²) in [4.78, 5) is 12.9. The van der Waals surface area contributed by atoms with E-state index >= 15 is 0 Å². The molecular weight excluding hydrogens is 314 g/mol. The number of nitrogens with one attached hydrogen (secondary N) is 1. The van der Waals surface area contributed by atoms with Crippen LogP contribution in [-0.2, 0) is 9.53 Å². The molecule has 0 heterocycles. The SMILES string of the molecule is CCCOC(C)(CCC)C(=O)Nc1ccc(OCC)c2ccccc12. The molecule has 136 valence electrons. The molecule has 1 unspecified atom stereocenters. The summed E-state index contributed by atoms with van der Waals surface area (Å²) < 4.78 is 11.6. The van der Waals surface area contributed by atoms with E-state index in [1.54, 1.807) is 0 Å². The first-order valence-corrected chi connectivity index (χ1v) is 9.15. The number of carbonyl (C=O) groups is 1. The van der Waals surface area contributed by atoms with Crippen LogP contribution in [0.2, 0.25) is 0 Å². The number of benzene rings is 2. The van der Waals surface area contributed by atoms with E-state index in [0.717, 1.165) is 35.1 Å². The molecule has 0 radical (unpaired) electrons. The standard InChI is InChI=1S/C21H29NO3/c1-5-14-21(4,25-15-6-2)20(23)22-18-12-13-19(24-7-3)17-11-9-8-10-16(17)18/h8-13H,5-7,14-15H2,1-4H3,(H,22,23). The van der Waals surface area contributed by atoms with Crippen LogP contribution < -0.4 is 10.1 Å². The molecule has 2 aromatic rings. The van der Waals surface area contributed by atoms with Crippen molar-refractivity contribution < 1.29 is 14.3 Å². The van der Waals surface area contributed by atoms with Crippen LogP contribution in [0.25, 0.3) is 10.8 Å². The lowest BCUT2D eigenvalue weighted by molar-refractivity contribution is -0.140. The highest BCUT2D eigenvalue weighted by Crippen LogP contribution is 2.32. The van der Waals surface area contributed by atoms with E-state index in [-0.39, 0.29) is 5.91 Å². The minimum absolute atomic E-state index is 0.0999. The van der Waals surface area contributed by atoms with Crippen molar-refractivity contribution in [2.24, 2.45) is 0 Å². The summed E-state index contributed by atoms with van der Waals surface area (Å²) in [6.07, 6.45) is 2.46. The van der Waals surface area contributed by atoms with Crippen LogP contribution in [0.15, 0.2) is 36.4 Å². The smallest absolute Gasteiger partial charge is 0.256 e. The van der Waals surface area contributed by atoms with E-state index in [4.69, 9.17) is 9.47 Å². The second-order valence-corrected chi connectivity index (χ2v) is 6.37. The highest BCUT2D eigenvalue weighted by Gasteiger charge is 2.33. The largest absolute Gasteiger partial charge is 0.493 e. The summed E-state index contributed by atoms with van der Waals surface area (Å²) in [5.74, 6) is 0.728. The number of anilines is 1. The molecule has 0 aliphatic carbocycles. The van der Waals surface area contributed by atoms with Crippen LogP contribution in [0.4, 0.5) is 5.69 Å². The maximum absolute atomic E-state index is 12.9. The molecule has 1 N–H and O–H groups in total. The highest BCUT2D eigenvalue weighted by molar-refractivity contribution is 6.06. The molecule has 0 fully saturated rings. The van der Waals surface area contributed by atoms with Gasteiger partial charge in [0.2, 0.25) is 0 Å². The third-order valence-electron chi connectivity index (χ3n) is 4.26. The molecule has 0 spiro atoms. The van der Waals surface area contributed by atoms with E-state index < -0.39 is 5.60 Å². The first-order valence-electron chi connectivity index (χ1n) is 9.15. The van der Waals surface area contributed by atoms with Crippen LogP contribution in [0.3, 0.4) is 0 Å². The quantitative estimate of drug-likeness (QED) is 0.684. The Bertz CT molecular complexity index is 713. The van der Waals surface area contributed by atoms with E-state index in [1.165, 1.54) is 0 Å². The summed E-state index contributed by atoms with van der Waals surface area (Å²) >= 11 is 0. The summed E-state index contributed by atoms with van der Waals surface area (Å²) in [6.45, 7) is 9.13. The van der Waals surface area contributed by atoms with Crippen molar-refractivity contribution in [1.82, 2.24) is 0 Å². The Morgan fingerprint density at radius 1 is 1.04 bits per heavy atom. The van der Waals surface area contributed by atoms with E-state index in [2.05, 4.69) is 12.2 Å². The van der Waals surface area contributed by atoms with E-state index in [1.807, 2.05) is 57.2 Å². The Morgan fingerprint density at radius 3 is 2.40 bits per heavy atom. The predicted octanol–water partition coefficient (Wildman–Crippen LogP) is 5.16. The van der Waals surface area contributed by atoms with E-state index in [0.29, 0.717) is 19.6 Å². The van der Waals surface area contributed by atoms with Gasteiger partial charge in [-0.3, -0.25) is 4.79 Å². The summed E-state index contributed by atoms with van der Waals surface area (Å²) in [6, 6.07) is 11.8. The van der Waals surface area contributed by atoms with Gasteiger partial charge in [-0.2, -0.15) is 0 Å². The van der Waals surface area contributed by atoms with Crippen LogP contribution in [0.5, 0.6) is 5.75 Å². The van der Waals surface area contributed by atoms with Crippen LogP contribution >= 0.6 is 0 Å². The fourth-order valence-electron chi connectivity index (χ4n) is 2.97. The van der Waals surface area contributed by atoms with Crippen LogP contribution in [0.1, 0.15) is 47.0 Å². The van der Waals surface area contributed by atoms with Gasteiger partial charge in [0.1, 0.15) is 11.4 Å². The fraction of sp³-hybridized carbons (Fsp3) is 0.476. The molecule has 1 amide bonds. The average Bonchev–Trinajstić information content (AvgIpc) is 2.62. The van der Waals surface area contributed by atoms with Gasteiger partial charge in [0.25, 0.3) is 5.91 Å². The van der Waals surface area contributed by atoms with Crippen molar-refractivity contribution in [1.29, 1.82) is 0 Å². The van der Waals surface area contributed by atoms with Gasteiger partial charge < -0.3 is 14.8 Å². The van der Waals surface area contributed by atoms with Gasteiger partial charge in [-0.05, 0) is 38.8 Å². The van der Waals surface area contributed by atoms with Gasteiger partial charge in [-0.15, -0.1) is 0 Å². The average molecular weight is 343 g/mol. The van der Waals surface area contributed by atoms with Crippen molar-refractivity contribution in [3.8, 4) is 5.75 Å². The number of fused-ring (bicyclic) bond motifs is 1. The van der Waals surface area contributed by atoms with Crippen molar-refractivity contribution in [3.63, 3.8) is 0 Å². The van der Waals surface area contributed by atoms with Crippen molar-refractivity contribution in [3.05, 3.63) is 36.4 Å². The third kappa shape index (κ3) is 4.51. The molecule has 1 atom stereocenters. The minimum Gasteiger partial charge on any atom is -0.493 e. The van der Waals surface area contributed by atoms with Gasteiger partial charge in [0.05, 0.1) is 6.61 Å². The second-order valence-electron chi connectivity index (χ2n) is 6.37. The normalized spacial score (nSPS) is 13.4. The third-order valence-corrected chi connectivity index (χ3v) is 4.26. The first-order chi connectivity index (χ1) is 12.1. The number of hydrogen-bond acceptors (Lipinski definition) is 3. The molecule has 0 aliphatic rings. The van der Waals surface area contributed by atoms with Gasteiger partial charge in [0.15, 0.2) is 0 Å². The maximum Gasteiger partial charge on any atom is 0.256 e. The lowest BCUT2D eigenvalue weighted by Gasteiger charge is -2.28. The van der Waals surface area contributed by atoms with Gasteiger partial charge in [-0.1, -0.05) is 44.5 Å². The Kier molecular flexibility index (Phi) is 6.82. The molecule has 0 aromatic heterocycles. The molecule has 4 nitrogen and oxygen atoms in total. The molecule has 2 rings (SSSR count).